The van der Waals surface area contributed by atoms with Crippen molar-refractivity contribution in [3.8, 4) is 5.75 Å². The van der Waals surface area contributed by atoms with Crippen LogP contribution in [0.1, 0.15) is 29.9 Å². The molecule has 2 heterocycles. The second-order valence-electron chi connectivity index (χ2n) is 7.10. The lowest BCUT2D eigenvalue weighted by Gasteiger charge is -2.11. The van der Waals surface area contributed by atoms with Crippen molar-refractivity contribution in [2.24, 2.45) is 13.0 Å². The van der Waals surface area contributed by atoms with Gasteiger partial charge in [-0.05, 0) is 29.7 Å². The third-order valence-electron chi connectivity index (χ3n) is 4.39. The maximum absolute atomic E-state index is 12.8. The van der Waals surface area contributed by atoms with Crippen molar-refractivity contribution < 1.29 is 18.3 Å². The van der Waals surface area contributed by atoms with E-state index in [4.69, 9.17) is 0 Å². The van der Waals surface area contributed by atoms with Crippen LogP contribution in [0.3, 0.4) is 0 Å². The SMILES string of the molecule is CC(C)Cn1c(=O)n(C)c(=O)c2cc(Cc3ccc(C(F)(F)F)cc3O)sc21. The summed E-state index contributed by atoms with van der Waals surface area (Å²) in [6.45, 7) is 4.35. The standard InChI is InChI=1S/C19H19F3N2O3S/c1-10(2)9-24-17-14(16(26)23(3)18(24)27)8-13(28-17)6-11-4-5-12(7-15(11)25)19(20,21)22/h4-5,7-8,10,25H,6,9H2,1-3H3. The summed E-state index contributed by atoms with van der Waals surface area (Å²) in [7, 11) is 1.42. The molecular formula is C19H19F3N2O3S. The number of nitrogens with zero attached hydrogens (tertiary/aromatic N) is 2. The maximum Gasteiger partial charge on any atom is 0.416 e. The van der Waals surface area contributed by atoms with E-state index in [1.165, 1.54) is 24.5 Å². The second kappa shape index (κ2) is 7.12. The van der Waals surface area contributed by atoms with Crippen LogP contribution in [0.4, 0.5) is 13.2 Å². The lowest BCUT2D eigenvalue weighted by molar-refractivity contribution is -0.137. The first-order chi connectivity index (χ1) is 13.0. The number of fused-ring (bicyclic) bond motifs is 1. The van der Waals surface area contributed by atoms with Gasteiger partial charge in [0, 0.05) is 24.9 Å². The number of rotatable bonds is 4. The summed E-state index contributed by atoms with van der Waals surface area (Å²) < 4.78 is 40.9. The van der Waals surface area contributed by atoms with Crippen molar-refractivity contribution in [1.82, 2.24) is 9.13 Å². The number of hydrogen-bond acceptors (Lipinski definition) is 4. The molecule has 1 aromatic carbocycles. The lowest BCUT2D eigenvalue weighted by atomic mass is 10.1. The van der Waals surface area contributed by atoms with Gasteiger partial charge in [0.2, 0.25) is 0 Å². The fourth-order valence-corrected chi connectivity index (χ4v) is 4.18. The average Bonchev–Trinajstić information content (AvgIpc) is 3.01. The van der Waals surface area contributed by atoms with E-state index in [0.717, 1.165) is 10.6 Å². The highest BCUT2D eigenvalue weighted by Gasteiger charge is 2.31. The highest BCUT2D eigenvalue weighted by atomic mass is 32.1. The Labute approximate surface area is 162 Å². The van der Waals surface area contributed by atoms with Gasteiger partial charge in [0.25, 0.3) is 5.56 Å². The van der Waals surface area contributed by atoms with Crippen LogP contribution in [0.25, 0.3) is 10.2 Å². The van der Waals surface area contributed by atoms with E-state index in [9.17, 15) is 27.9 Å². The van der Waals surface area contributed by atoms with E-state index in [0.29, 0.717) is 33.3 Å². The van der Waals surface area contributed by atoms with Gasteiger partial charge < -0.3 is 5.11 Å². The van der Waals surface area contributed by atoms with Crippen LogP contribution in [-0.2, 0) is 26.2 Å². The number of phenols is 1. The van der Waals surface area contributed by atoms with Gasteiger partial charge in [-0.25, -0.2) is 4.79 Å². The molecule has 9 heteroatoms. The molecule has 3 rings (SSSR count). The minimum atomic E-state index is -4.53. The Bertz CT molecular complexity index is 1160. The first kappa shape index (κ1) is 20.2. The molecular weight excluding hydrogens is 393 g/mol. The largest absolute Gasteiger partial charge is 0.508 e. The molecule has 2 aromatic heterocycles. The predicted molar refractivity (Wildman–Crippen MR) is 102 cm³/mol. The van der Waals surface area contributed by atoms with Gasteiger partial charge in [0.1, 0.15) is 10.6 Å². The fourth-order valence-electron chi connectivity index (χ4n) is 3.01. The first-order valence-corrected chi connectivity index (χ1v) is 9.42. The number of alkyl halides is 3. The zero-order chi connectivity index (χ0) is 20.8. The minimum absolute atomic E-state index is 0.155. The average molecular weight is 412 g/mol. The third-order valence-corrected chi connectivity index (χ3v) is 5.54. The predicted octanol–water partition coefficient (Wildman–Crippen LogP) is 3.73. The maximum atomic E-state index is 12.8. The molecule has 1 N–H and O–H groups in total. The zero-order valence-electron chi connectivity index (χ0n) is 15.5. The van der Waals surface area contributed by atoms with Gasteiger partial charge >= 0.3 is 11.9 Å². The highest BCUT2D eigenvalue weighted by molar-refractivity contribution is 7.18. The molecule has 0 aliphatic heterocycles. The molecule has 0 aliphatic carbocycles. The molecule has 28 heavy (non-hydrogen) atoms. The summed E-state index contributed by atoms with van der Waals surface area (Å²) in [5.41, 5.74) is -1.44. The van der Waals surface area contributed by atoms with Crippen molar-refractivity contribution in [2.45, 2.75) is 33.0 Å². The normalized spacial score (nSPS) is 12.2. The zero-order valence-corrected chi connectivity index (χ0v) is 16.3. The molecule has 0 bridgehead atoms. The van der Waals surface area contributed by atoms with E-state index < -0.39 is 28.7 Å². The lowest BCUT2D eigenvalue weighted by Crippen LogP contribution is -2.38. The second-order valence-corrected chi connectivity index (χ2v) is 8.22. The van der Waals surface area contributed by atoms with Crippen molar-refractivity contribution in [2.75, 3.05) is 0 Å². The van der Waals surface area contributed by atoms with Gasteiger partial charge in [0.15, 0.2) is 0 Å². The van der Waals surface area contributed by atoms with Crippen LogP contribution in [-0.4, -0.2) is 14.2 Å². The third kappa shape index (κ3) is 3.71. The number of phenolic OH excluding ortho intramolecular Hbond substituents is 1. The van der Waals surface area contributed by atoms with Gasteiger partial charge in [-0.15, -0.1) is 11.3 Å². The molecule has 0 saturated carbocycles. The number of aromatic nitrogens is 2. The molecule has 0 fully saturated rings. The Kier molecular flexibility index (Phi) is 5.14. The van der Waals surface area contributed by atoms with Crippen LogP contribution in [0, 0.1) is 5.92 Å². The van der Waals surface area contributed by atoms with Gasteiger partial charge in [-0.2, -0.15) is 13.2 Å². The molecule has 0 atom stereocenters. The van der Waals surface area contributed by atoms with Crippen LogP contribution < -0.4 is 11.2 Å². The molecule has 5 nitrogen and oxygen atoms in total. The Morgan fingerprint density at radius 1 is 1.18 bits per heavy atom. The summed E-state index contributed by atoms with van der Waals surface area (Å²) in [5, 5.41) is 10.4. The summed E-state index contributed by atoms with van der Waals surface area (Å²) in [5.74, 6) is -0.275. The number of thiophene rings is 1. The molecule has 3 aromatic rings. The van der Waals surface area contributed by atoms with E-state index in [1.54, 1.807) is 10.6 Å². The van der Waals surface area contributed by atoms with Crippen molar-refractivity contribution in [3.63, 3.8) is 0 Å². The number of benzene rings is 1. The molecule has 0 unspecified atom stereocenters. The van der Waals surface area contributed by atoms with E-state index >= 15 is 0 Å². The van der Waals surface area contributed by atoms with Crippen LogP contribution in [0.2, 0.25) is 0 Å². The summed E-state index contributed by atoms with van der Waals surface area (Å²) >= 11 is 1.23. The van der Waals surface area contributed by atoms with Crippen molar-refractivity contribution >= 4 is 21.6 Å². The smallest absolute Gasteiger partial charge is 0.416 e. The van der Waals surface area contributed by atoms with Gasteiger partial charge in [-0.1, -0.05) is 19.9 Å². The van der Waals surface area contributed by atoms with E-state index in [-0.39, 0.29) is 12.3 Å². The Balaban J connectivity index is 2.07. The van der Waals surface area contributed by atoms with E-state index in [2.05, 4.69) is 0 Å². The summed E-state index contributed by atoms with van der Waals surface area (Å²) in [4.78, 5) is 26.1. The molecule has 150 valence electrons. The molecule has 0 aliphatic rings. The van der Waals surface area contributed by atoms with E-state index in [1.807, 2.05) is 13.8 Å². The number of aromatic hydroxyl groups is 1. The summed E-state index contributed by atoms with van der Waals surface area (Å²) in [6.07, 6.45) is -4.38. The Hall–Kier alpha value is -2.55. The molecule has 0 radical (unpaired) electrons. The Morgan fingerprint density at radius 2 is 1.86 bits per heavy atom. The molecule has 0 amide bonds. The van der Waals surface area contributed by atoms with Crippen LogP contribution in [0.5, 0.6) is 5.75 Å². The molecule has 0 spiro atoms. The first-order valence-electron chi connectivity index (χ1n) is 8.60. The summed E-state index contributed by atoms with van der Waals surface area (Å²) in [6, 6.07) is 4.46. The number of hydrogen-bond donors (Lipinski definition) is 1. The monoisotopic (exact) mass is 412 g/mol. The van der Waals surface area contributed by atoms with Crippen LogP contribution in [0.15, 0.2) is 33.9 Å². The topological polar surface area (TPSA) is 64.2 Å². The van der Waals surface area contributed by atoms with Crippen molar-refractivity contribution in [3.05, 3.63) is 61.1 Å². The van der Waals surface area contributed by atoms with Gasteiger partial charge in [0.05, 0.1) is 10.9 Å². The van der Waals surface area contributed by atoms with Crippen LogP contribution >= 0.6 is 11.3 Å². The fraction of sp³-hybridized carbons (Fsp3) is 0.368. The van der Waals surface area contributed by atoms with Crippen molar-refractivity contribution in [1.29, 1.82) is 0 Å². The van der Waals surface area contributed by atoms with Gasteiger partial charge in [-0.3, -0.25) is 13.9 Å². The Morgan fingerprint density at radius 3 is 2.43 bits per heavy atom. The minimum Gasteiger partial charge on any atom is -0.508 e. The number of halogens is 3. The quantitative estimate of drug-likeness (QED) is 0.710. The molecule has 0 saturated heterocycles. The highest BCUT2D eigenvalue weighted by Crippen LogP contribution is 2.34.